The summed E-state index contributed by atoms with van der Waals surface area (Å²) < 4.78 is 28.9. The van der Waals surface area contributed by atoms with E-state index in [0.29, 0.717) is 23.2 Å². The van der Waals surface area contributed by atoms with Gasteiger partial charge in [0.1, 0.15) is 5.84 Å². The van der Waals surface area contributed by atoms with Crippen LogP contribution >= 0.6 is 10.8 Å². The summed E-state index contributed by atoms with van der Waals surface area (Å²) in [6.07, 6.45) is 2.48. The summed E-state index contributed by atoms with van der Waals surface area (Å²) in [5.41, 5.74) is 0. The van der Waals surface area contributed by atoms with Gasteiger partial charge in [-0.25, -0.2) is 4.99 Å². The Balaban J connectivity index is 2.42. The minimum absolute atomic E-state index is 0.106. The Kier molecular flexibility index (Phi) is 3.24. The van der Waals surface area contributed by atoms with Crippen LogP contribution < -0.4 is 0 Å². The van der Waals surface area contributed by atoms with Crippen LogP contribution in [0.3, 0.4) is 0 Å². The lowest BCUT2D eigenvalue weighted by atomic mass is 10.4. The van der Waals surface area contributed by atoms with Gasteiger partial charge in [-0.2, -0.15) is 8.42 Å². The van der Waals surface area contributed by atoms with Crippen LogP contribution in [0.4, 0.5) is 0 Å². The van der Waals surface area contributed by atoms with Crippen LogP contribution in [0.2, 0.25) is 0 Å². The number of hydrogen-bond donors (Lipinski definition) is 1. The molecule has 0 unspecified atom stereocenters. The molecule has 0 atom stereocenters. The zero-order valence-electron chi connectivity index (χ0n) is 6.17. The molecule has 0 bridgehead atoms. The first-order valence-corrected chi connectivity index (χ1v) is 6.20. The van der Waals surface area contributed by atoms with Crippen molar-refractivity contribution in [3.8, 4) is 0 Å². The highest BCUT2D eigenvalue weighted by molar-refractivity contribution is 8.70. The van der Waals surface area contributed by atoms with Gasteiger partial charge in [0, 0.05) is 30.0 Å². The van der Waals surface area contributed by atoms with E-state index in [0.717, 1.165) is 6.42 Å². The summed E-state index contributed by atoms with van der Waals surface area (Å²) in [5, 5.41) is 0. The SMILES string of the molecule is O=S(=O)(O)SCC1=NCCC=N1. The van der Waals surface area contributed by atoms with E-state index in [4.69, 9.17) is 4.55 Å². The van der Waals surface area contributed by atoms with Gasteiger partial charge in [-0.3, -0.25) is 9.55 Å². The van der Waals surface area contributed by atoms with Crippen LogP contribution in [-0.4, -0.2) is 37.3 Å². The molecular weight excluding hydrogens is 200 g/mol. The molecule has 1 aliphatic rings. The van der Waals surface area contributed by atoms with E-state index < -0.39 is 9.15 Å². The Hall–Kier alpha value is -0.400. The van der Waals surface area contributed by atoms with Gasteiger partial charge in [0.2, 0.25) is 0 Å². The summed E-state index contributed by atoms with van der Waals surface area (Å²) in [7, 11) is -3.54. The molecule has 1 rings (SSSR count). The van der Waals surface area contributed by atoms with E-state index >= 15 is 0 Å². The van der Waals surface area contributed by atoms with E-state index in [1.165, 1.54) is 0 Å². The maximum absolute atomic E-state index is 10.3. The van der Waals surface area contributed by atoms with Gasteiger partial charge in [-0.1, -0.05) is 0 Å². The Morgan fingerprint density at radius 3 is 2.92 bits per heavy atom. The summed E-state index contributed by atoms with van der Waals surface area (Å²) in [6.45, 7) is 0.644. The lowest BCUT2D eigenvalue weighted by Crippen LogP contribution is -2.07. The third kappa shape index (κ3) is 3.84. The zero-order valence-corrected chi connectivity index (χ0v) is 7.81. The minimum atomic E-state index is -3.96. The smallest absolute Gasteiger partial charge is 0.277 e. The fourth-order valence-corrected chi connectivity index (χ4v) is 1.86. The maximum Gasteiger partial charge on any atom is 0.320 e. The Morgan fingerprint density at radius 2 is 2.42 bits per heavy atom. The molecule has 1 heterocycles. The van der Waals surface area contributed by atoms with E-state index in [-0.39, 0.29) is 5.75 Å². The van der Waals surface area contributed by atoms with Crippen molar-refractivity contribution >= 4 is 32.0 Å². The Labute approximate surface area is 74.1 Å². The average Bonchev–Trinajstić information content (AvgIpc) is 2.02. The van der Waals surface area contributed by atoms with E-state index in [9.17, 15) is 8.42 Å². The van der Waals surface area contributed by atoms with Gasteiger partial charge < -0.3 is 0 Å². The summed E-state index contributed by atoms with van der Waals surface area (Å²) in [4.78, 5) is 7.82. The molecule has 0 spiro atoms. The number of hydrogen-bond acceptors (Lipinski definition) is 5. The van der Waals surface area contributed by atoms with Crippen molar-refractivity contribution in [3.63, 3.8) is 0 Å². The number of nitrogens with zero attached hydrogens (tertiary/aromatic N) is 2. The second kappa shape index (κ2) is 4.01. The van der Waals surface area contributed by atoms with Gasteiger partial charge in [-0.05, 0) is 0 Å². The highest BCUT2D eigenvalue weighted by Crippen LogP contribution is 2.10. The van der Waals surface area contributed by atoms with Crippen LogP contribution in [0.5, 0.6) is 0 Å². The molecule has 0 saturated carbocycles. The van der Waals surface area contributed by atoms with Crippen molar-refractivity contribution in [1.82, 2.24) is 0 Å². The van der Waals surface area contributed by atoms with E-state index in [1.54, 1.807) is 6.21 Å². The zero-order chi connectivity index (χ0) is 9.03. The molecule has 0 aliphatic carbocycles. The molecule has 0 fully saturated rings. The van der Waals surface area contributed by atoms with Crippen LogP contribution in [-0.2, 0) is 9.15 Å². The van der Waals surface area contributed by atoms with Gasteiger partial charge in [0.15, 0.2) is 0 Å². The quantitative estimate of drug-likeness (QED) is 0.537. The Morgan fingerprint density at radius 1 is 1.67 bits per heavy atom. The predicted molar refractivity (Wildman–Crippen MR) is 49.4 cm³/mol. The van der Waals surface area contributed by atoms with Crippen LogP contribution in [0.1, 0.15) is 6.42 Å². The van der Waals surface area contributed by atoms with Crippen molar-refractivity contribution in [1.29, 1.82) is 0 Å². The van der Waals surface area contributed by atoms with Gasteiger partial charge >= 0.3 is 9.15 Å². The first-order chi connectivity index (χ1) is 5.58. The van der Waals surface area contributed by atoms with Crippen molar-refractivity contribution in [2.75, 3.05) is 12.3 Å². The van der Waals surface area contributed by atoms with Crippen molar-refractivity contribution < 1.29 is 13.0 Å². The van der Waals surface area contributed by atoms with Crippen LogP contribution in [0, 0.1) is 0 Å². The standard InChI is InChI=1S/C5H8N2O3S2/c8-12(9,10)11-4-5-6-2-1-3-7-5/h2H,1,3-4H2,(H,8,9,10). The topological polar surface area (TPSA) is 79.1 Å². The second-order valence-electron chi connectivity index (χ2n) is 2.09. The average molecular weight is 208 g/mol. The minimum Gasteiger partial charge on any atom is -0.277 e. The monoisotopic (exact) mass is 208 g/mol. The lowest BCUT2D eigenvalue weighted by Gasteiger charge is -2.02. The fraction of sp³-hybridized carbons (Fsp3) is 0.600. The molecule has 7 heteroatoms. The largest absolute Gasteiger partial charge is 0.320 e. The van der Waals surface area contributed by atoms with Gasteiger partial charge in [0.05, 0.1) is 5.75 Å². The summed E-state index contributed by atoms with van der Waals surface area (Å²) in [5.74, 6) is 0.568. The molecule has 0 aromatic heterocycles. The molecule has 5 nitrogen and oxygen atoms in total. The van der Waals surface area contributed by atoms with Gasteiger partial charge in [0.25, 0.3) is 0 Å². The van der Waals surface area contributed by atoms with Crippen LogP contribution in [0.15, 0.2) is 9.98 Å². The predicted octanol–water partition coefficient (Wildman–Crippen LogP) is 0.395. The molecular formula is C5H8N2O3S2. The third-order valence-corrected chi connectivity index (χ3v) is 3.05. The van der Waals surface area contributed by atoms with E-state index in [2.05, 4.69) is 9.98 Å². The molecule has 1 N–H and O–H groups in total. The highest BCUT2D eigenvalue weighted by atomic mass is 33.1. The van der Waals surface area contributed by atoms with Crippen molar-refractivity contribution in [2.24, 2.45) is 9.98 Å². The first-order valence-electron chi connectivity index (χ1n) is 3.25. The molecule has 1 aliphatic heterocycles. The normalized spacial score (nSPS) is 17.6. The molecule has 0 saturated heterocycles. The lowest BCUT2D eigenvalue weighted by molar-refractivity contribution is 0.503. The number of amidine groups is 1. The molecule has 68 valence electrons. The number of rotatable bonds is 3. The second-order valence-corrected chi connectivity index (χ2v) is 5.44. The summed E-state index contributed by atoms with van der Waals surface area (Å²) in [6, 6.07) is 0. The molecule has 0 aromatic carbocycles. The number of aliphatic imine (C=N–C) groups is 2. The maximum atomic E-state index is 10.3. The van der Waals surface area contributed by atoms with Crippen LogP contribution in [0.25, 0.3) is 0 Å². The van der Waals surface area contributed by atoms with Gasteiger partial charge in [-0.15, -0.1) is 0 Å². The Bertz CT molecular complexity index is 307. The highest BCUT2D eigenvalue weighted by Gasteiger charge is 2.08. The fourth-order valence-electron chi connectivity index (χ4n) is 0.672. The molecule has 12 heavy (non-hydrogen) atoms. The molecule has 0 radical (unpaired) electrons. The molecule has 0 aromatic rings. The van der Waals surface area contributed by atoms with Crippen molar-refractivity contribution in [2.45, 2.75) is 6.42 Å². The molecule has 0 amide bonds. The first kappa shape index (κ1) is 9.69. The van der Waals surface area contributed by atoms with Crippen molar-refractivity contribution in [3.05, 3.63) is 0 Å². The third-order valence-electron chi connectivity index (χ3n) is 1.13. The van der Waals surface area contributed by atoms with E-state index in [1.807, 2.05) is 0 Å². The summed E-state index contributed by atoms with van der Waals surface area (Å²) >= 11 is 0.